The predicted octanol–water partition coefficient (Wildman–Crippen LogP) is 7.68. The van der Waals surface area contributed by atoms with Gasteiger partial charge in [0.15, 0.2) is 0 Å². The maximum Gasteiger partial charge on any atom is 0.346 e. The Kier molecular flexibility index (Phi) is 7.83. The minimum Gasteiger partial charge on any atom is -0.462 e. The average Bonchev–Trinajstić information content (AvgIpc) is 3.27. The van der Waals surface area contributed by atoms with Crippen molar-refractivity contribution in [1.29, 1.82) is 0 Å². The highest BCUT2D eigenvalue weighted by molar-refractivity contribution is 8.32. The van der Waals surface area contributed by atoms with Crippen molar-refractivity contribution in [2.45, 2.75) is 59.9 Å². The number of fused-ring (bicyclic) bond motifs is 1. The molecule has 0 atom stereocenters. The zero-order valence-electron chi connectivity index (χ0n) is 21.6. The van der Waals surface area contributed by atoms with Crippen LogP contribution < -0.4 is 4.90 Å². The van der Waals surface area contributed by atoms with Gasteiger partial charge in [-0.05, 0) is 69.9 Å². The van der Waals surface area contributed by atoms with Crippen molar-refractivity contribution >= 4 is 68.6 Å². The minimum atomic E-state index is -0.695. The standard InChI is InChI=1S/C29H31NO3S3/c1-7-12-22(31)30-21-16-18(4)17(3)15-20(21)23(26(34)29(30,5)6)28-35-24(19-13-10-9-11-14-19)25(36-28)27(32)33-8-2/h9-11,13-16H,7-8,12H2,1-6H3. The molecule has 2 heterocycles. The third-order valence-corrected chi connectivity index (χ3v) is 9.80. The van der Waals surface area contributed by atoms with E-state index in [-0.39, 0.29) is 11.9 Å². The molecule has 4 nitrogen and oxygen atoms in total. The summed E-state index contributed by atoms with van der Waals surface area (Å²) < 4.78 is 6.37. The summed E-state index contributed by atoms with van der Waals surface area (Å²) in [5.74, 6) is -0.258. The van der Waals surface area contributed by atoms with Crippen LogP contribution in [0.15, 0.2) is 51.6 Å². The number of ether oxygens (including phenoxy) is 1. The molecule has 2 aromatic carbocycles. The molecule has 0 saturated heterocycles. The lowest BCUT2D eigenvalue weighted by molar-refractivity contribution is -0.137. The van der Waals surface area contributed by atoms with Crippen LogP contribution in [0.1, 0.15) is 62.8 Å². The number of anilines is 1. The van der Waals surface area contributed by atoms with E-state index in [4.69, 9.17) is 17.0 Å². The van der Waals surface area contributed by atoms with E-state index < -0.39 is 5.54 Å². The minimum absolute atomic E-state index is 0.0699. The molecule has 0 bridgehead atoms. The van der Waals surface area contributed by atoms with Crippen molar-refractivity contribution in [3.63, 3.8) is 0 Å². The van der Waals surface area contributed by atoms with Gasteiger partial charge in [-0.1, -0.05) is 73.0 Å². The Labute approximate surface area is 227 Å². The van der Waals surface area contributed by atoms with Crippen molar-refractivity contribution in [1.82, 2.24) is 0 Å². The van der Waals surface area contributed by atoms with Gasteiger partial charge in [-0.15, -0.1) is 0 Å². The Morgan fingerprint density at radius 3 is 2.33 bits per heavy atom. The molecule has 4 rings (SSSR count). The number of carbonyl (C=O) groups excluding carboxylic acids is 2. The Balaban J connectivity index is 1.94. The molecule has 2 aromatic rings. The first-order chi connectivity index (χ1) is 17.1. The highest BCUT2D eigenvalue weighted by Crippen LogP contribution is 2.58. The number of nitrogens with zero attached hydrogens (tertiary/aromatic N) is 1. The van der Waals surface area contributed by atoms with E-state index in [0.717, 1.165) is 49.1 Å². The third kappa shape index (κ3) is 4.69. The van der Waals surface area contributed by atoms with Gasteiger partial charge in [0.1, 0.15) is 4.91 Å². The number of aryl methyl sites for hydroxylation is 2. The molecule has 0 aromatic heterocycles. The lowest BCUT2D eigenvalue weighted by atomic mass is 9.82. The van der Waals surface area contributed by atoms with Gasteiger partial charge in [-0.3, -0.25) is 4.79 Å². The van der Waals surface area contributed by atoms with Gasteiger partial charge >= 0.3 is 5.97 Å². The molecule has 2 aliphatic heterocycles. The fourth-order valence-electron chi connectivity index (χ4n) is 4.50. The van der Waals surface area contributed by atoms with Gasteiger partial charge in [0.2, 0.25) is 5.91 Å². The van der Waals surface area contributed by atoms with Crippen molar-refractivity contribution in [3.05, 3.63) is 73.9 Å². The SMILES string of the molecule is CCCC(=O)N1c2cc(C)c(C)cc2C(=C2SC(C(=O)OCC)=C(c3ccccc3)S2)C(=S)C1(C)C. The predicted molar refractivity (Wildman–Crippen MR) is 157 cm³/mol. The first-order valence-electron chi connectivity index (χ1n) is 12.2. The Bertz CT molecular complexity index is 1310. The fourth-order valence-corrected chi connectivity index (χ4v) is 7.63. The second-order valence-corrected chi connectivity index (χ2v) is 12.1. The maximum atomic E-state index is 13.4. The van der Waals surface area contributed by atoms with Crippen molar-refractivity contribution in [3.8, 4) is 0 Å². The number of amides is 1. The van der Waals surface area contributed by atoms with Crippen LogP contribution >= 0.6 is 35.7 Å². The summed E-state index contributed by atoms with van der Waals surface area (Å²) in [5, 5.41) is 0. The monoisotopic (exact) mass is 537 g/mol. The number of rotatable bonds is 5. The van der Waals surface area contributed by atoms with Crippen LogP contribution in [-0.2, 0) is 14.3 Å². The first kappa shape index (κ1) is 26.7. The number of thioether (sulfide) groups is 2. The van der Waals surface area contributed by atoms with Crippen molar-refractivity contribution < 1.29 is 14.3 Å². The summed E-state index contributed by atoms with van der Waals surface area (Å²) in [6.45, 7) is 12.3. The van der Waals surface area contributed by atoms with E-state index in [2.05, 4.69) is 26.0 Å². The van der Waals surface area contributed by atoms with E-state index in [1.54, 1.807) is 11.8 Å². The third-order valence-electron chi connectivity index (χ3n) is 6.47. The van der Waals surface area contributed by atoms with Gasteiger partial charge in [0.25, 0.3) is 0 Å². The van der Waals surface area contributed by atoms with Gasteiger partial charge < -0.3 is 9.64 Å². The Hall–Kier alpha value is -2.35. The molecule has 0 saturated carbocycles. The highest BCUT2D eigenvalue weighted by Gasteiger charge is 2.45. The summed E-state index contributed by atoms with van der Waals surface area (Å²) in [5.41, 5.74) is 5.28. The van der Waals surface area contributed by atoms with E-state index >= 15 is 0 Å². The summed E-state index contributed by atoms with van der Waals surface area (Å²) in [6, 6.07) is 14.1. The quantitative estimate of drug-likeness (QED) is 0.221. The van der Waals surface area contributed by atoms with Crippen LogP contribution in [0.3, 0.4) is 0 Å². The molecular weight excluding hydrogens is 507 g/mol. The van der Waals surface area contributed by atoms with Crippen molar-refractivity contribution in [2.24, 2.45) is 0 Å². The molecule has 2 aliphatic rings. The molecule has 0 fully saturated rings. The van der Waals surface area contributed by atoms with Crippen LogP contribution in [0.2, 0.25) is 0 Å². The average molecular weight is 538 g/mol. The molecule has 0 aliphatic carbocycles. The topological polar surface area (TPSA) is 46.6 Å². The van der Waals surface area contributed by atoms with Gasteiger partial charge in [-0.2, -0.15) is 0 Å². The molecule has 36 heavy (non-hydrogen) atoms. The Morgan fingerprint density at radius 1 is 1.03 bits per heavy atom. The summed E-state index contributed by atoms with van der Waals surface area (Å²) in [4.78, 5) is 30.4. The fraction of sp³-hybridized carbons (Fsp3) is 0.345. The second kappa shape index (κ2) is 10.6. The maximum absolute atomic E-state index is 13.4. The van der Waals surface area contributed by atoms with Crippen LogP contribution in [0.4, 0.5) is 5.69 Å². The zero-order valence-corrected chi connectivity index (χ0v) is 24.0. The van der Waals surface area contributed by atoms with Gasteiger partial charge in [0.05, 0.1) is 26.9 Å². The summed E-state index contributed by atoms with van der Waals surface area (Å²) >= 11 is 9.11. The normalized spacial score (nSPS) is 18.9. The second-order valence-electron chi connectivity index (χ2n) is 9.43. The molecular formula is C29H31NO3S3. The number of benzene rings is 2. The van der Waals surface area contributed by atoms with E-state index in [1.165, 1.54) is 11.8 Å². The van der Waals surface area contributed by atoms with Crippen molar-refractivity contribution in [2.75, 3.05) is 11.5 Å². The molecule has 7 heteroatoms. The van der Waals surface area contributed by atoms with Gasteiger partial charge in [-0.25, -0.2) is 4.79 Å². The molecule has 0 N–H and O–H groups in total. The molecule has 0 spiro atoms. The van der Waals surface area contributed by atoms with E-state index in [0.29, 0.717) is 22.8 Å². The lowest BCUT2D eigenvalue weighted by Crippen LogP contribution is -2.56. The first-order valence-corrected chi connectivity index (χ1v) is 14.2. The van der Waals surface area contributed by atoms with Crippen LogP contribution in [0, 0.1) is 13.8 Å². The largest absolute Gasteiger partial charge is 0.462 e. The lowest BCUT2D eigenvalue weighted by Gasteiger charge is -2.45. The van der Waals surface area contributed by atoms with Crippen LogP contribution in [-0.4, -0.2) is 28.9 Å². The van der Waals surface area contributed by atoms with Crippen LogP contribution in [0.5, 0.6) is 0 Å². The number of hydrogen-bond donors (Lipinski definition) is 0. The smallest absolute Gasteiger partial charge is 0.346 e. The number of carbonyl (C=O) groups is 2. The molecule has 0 radical (unpaired) electrons. The summed E-state index contributed by atoms with van der Waals surface area (Å²) in [6.07, 6.45) is 1.23. The highest BCUT2D eigenvalue weighted by atomic mass is 32.2. The van der Waals surface area contributed by atoms with E-state index in [9.17, 15) is 9.59 Å². The van der Waals surface area contributed by atoms with E-state index in [1.807, 2.05) is 62.9 Å². The number of esters is 1. The number of thiocarbonyl (C=S) groups is 1. The number of hydrogen-bond acceptors (Lipinski definition) is 6. The molecule has 188 valence electrons. The molecule has 1 amide bonds. The summed E-state index contributed by atoms with van der Waals surface area (Å²) in [7, 11) is 0. The molecule has 0 unspecified atom stereocenters. The van der Waals surface area contributed by atoms with Gasteiger partial charge in [0, 0.05) is 22.5 Å². The Morgan fingerprint density at radius 2 is 1.69 bits per heavy atom. The van der Waals surface area contributed by atoms with Crippen LogP contribution in [0.25, 0.3) is 10.5 Å². The zero-order chi connectivity index (χ0) is 26.2.